The Balaban J connectivity index is 1.76. The summed E-state index contributed by atoms with van der Waals surface area (Å²) < 4.78 is 12.9. The van der Waals surface area contributed by atoms with E-state index in [2.05, 4.69) is 10.6 Å². The van der Waals surface area contributed by atoms with Gasteiger partial charge in [-0.05, 0) is 35.7 Å². The number of hydrogen-bond acceptors (Lipinski definition) is 2. The molecule has 2 amide bonds. The van der Waals surface area contributed by atoms with Crippen LogP contribution in [0.3, 0.4) is 0 Å². The summed E-state index contributed by atoms with van der Waals surface area (Å²) >= 11 is 0. The molecule has 26 heavy (non-hydrogen) atoms. The minimum Gasteiger partial charge on any atom is -0.347 e. The third-order valence-corrected chi connectivity index (χ3v) is 4.00. The van der Waals surface area contributed by atoms with Crippen molar-refractivity contribution in [2.75, 3.05) is 25.5 Å². The molecule has 2 aromatic rings. The van der Waals surface area contributed by atoms with E-state index in [1.807, 2.05) is 31.2 Å². The molecule has 138 valence electrons. The highest BCUT2D eigenvalue weighted by Gasteiger charge is 2.15. The number of likely N-dealkylation sites (N-methyl/N-ethyl adjacent to an activating group) is 1. The van der Waals surface area contributed by atoms with Gasteiger partial charge in [-0.25, -0.2) is 4.39 Å². The van der Waals surface area contributed by atoms with E-state index in [1.54, 1.807) is 19.2 Å². The number of quaternary nitrogens is 1. The monoisotopic (exact) mass is 358 g/mol. The third kappa shape index (κ3) is 6.29. The highest BCUT2D eigenvalue weighted by Crippen LogP contribution is 2.14. The van der Waals surface area contributed by atoms with Crippen molar-refractivity contribution in [2.45, 2.75) is 19.9 Å². The van der Waals surface area contributed by atoms with Gasteiger partial charge in [-0.2, -0.15) is 0 Å². The summed E-state index contributed by atoms with van der Waals surface area (Å²) in [6.07, 6.45) is 0.838. The lowest BCUT2D eigenvalue weighted by Crippen LogP contribution is -3.11. The third-order valence-electron chi connectivity index (χ3n) is 4.00. The number of carbonyl (C=O) groups excluding carboxylic acids is 2. The highest BCUT2D eigenvalue weighted by atomic mass is 19.1. The van der Waals surface area contributed by atoms with Crippen molar-refractivity contribution in [3.05, 3.63) is 65.5 Å². The Morgan fingerprint density at radius 1 is 1.00 bits per heavy atom. The van der Waals surface area contributed by atoms with Crippen LogP contribution in [0.2, 0.25) is 0 Å². The van der Waals surface area contributed by atoms with Crippen molar-refractivity contribution < 1.29 is 18.9 Å². The number of rotatable bonds is 8. The van der Waals surface area contributed by atoms with E-state index in [0.29, 0.717) is 6.54 Å². The minimum atomic E-state index is -0.306. The second-order valence-corrected chi connectivity index (χ2v) is 6.27. The van der Waals surface area contributed by atoms with E-state index in [0.717, 1.165) is 28.1 Å². The second-order valence-electron chi connectivity index (χ2n) is 6.27. The minimum absolute atomic E-state index is 0.130. The Bertz CT molecular complexity index is 747. The van der Waals surface area contributed by atoms with Gasteiger partial charge in [0.1, 0.15) is 5.82 Å². The summed E-state index contributed by atoms with van der Waals surface area (Å²) in [7, 11) is 1.79. The van der Waals surface area contributed by atoms with Crippen LogP contribution in [0.15, 0.2) is 48.5 Å². The molecule has 0 heterocycles. The molecule has 0 spiro atoms. The molecule has 3 N–H and O–H groups in total. The average Bonchev–Trinajstić information content (AvgIpc) is 2.61. The number of carbonyl (C=O) groups is 2. The maximum Gasteiger partial charge on any atom is 0.279 e. The number of halogens is 1. The van der Waals surface area contributed by atoms with Crippen LogP contribution in [0.1, 0.15) is 18.1 Å². The van der Waals surface area contributed by atoms with Crippen molar-refractivity contribution in [2.24, 2.45) is 0 Å². The second kappa shape index (κ2) is 9.68. The Morgan fingerprint density at radius 2 is 1.65 bits per heavy atom. The topological polar surface area (TPSA) is 62.6 Å². The van der Waals surface area contributed by atoms with Gasteiger partial charge in [-0.3, -0.25) is 9.59 Å². The first kappa shape index (κ1) is 19.6. The van der Waals surface area contributed by atoms with E-state index < -0.39 is 0 Å². The molecule has 2 aromatic carbocycles. The summed E-state index contributed by atoms with van der Waals surface area (Å²) in [5, 5.41) is 5.68. The molecule has 0 saturated heterocycles. The van der Waals surface area contributed by atoms with Crippen molar-refractivity contribution >= 4 is 17.5 Å². The fourth-order valence-corrected chi connectivity index (χ4v) is 2.62. The van der Waals surface area contributed by atoms with Crippen molar-refractivity contribution in [1.29, 1.82) is 0 Å². The molecule has 6 heteroatoms. The van der Waals surface area contributed by atoms with Crippen LogP contribution in [0.5, 0.6) is 0 Å². The molecule has 0 aliphatic carbocycles. The Morgan fingerprint density at radius 3 is 2.35 bits per heavy atom. The maximum atomic E-state index is 12.9. The number of aryl methyl sites for hydroxylation is 1. The molecular formula is C20H25FN3O2+. The average molecular weight is 358 g/mol. The molecule has 0 radical (unpaired) electrons. The number of benzene rings is 2. The zero-order valence-corrected chi connectivity index (χ0v) is 15.1. The number of anilines is 1. The maximum absolute atomic E-state index is 12.9. The van der Waals surface area contributed by atoms with Gasteiger partial charge >= 0.3 is 0 Å². The Kier molecular flexibility index (Phi) is 7.29. The van der Waals surface area contributed by atoms with Crippen LogP contribution in [-0.2, 0) is 22.6 Å². The summed E-state index contributed by atoms with van der Waals surface area (Å²) in [5.74, 6) is -0.594. The van der Waals surface area contributed by atoms with Crippen LogP contribution < -0.4 is 15.5 Å². The molecule has 0 bridgehead atoms. The fraction of sp³-hybridized carbons (Fsp3) is 0.300. The molecule has 0 aliphatic rings. The standard InChI is InChI=1S/C20H24FN3O2/c1-3-16-6-4-5-7-18(16)23-20(26)14-24(2)13-19(25)22-12-15-8-10-17(21)11-9-15/h4-11H,3,12-14H2,1-2H3,(H,22,25)(H,23,26)/p+1. The van der Waals surface area contributed by atoms with Crippen LogP contribution in [0.4, 0.5) is 10.1 Å². The predicted molar refractivity (Wildman–Crippen MR) is 99.3 cm³/mol. The van der Waals surface area contributed by atoms with E-state index >= 15 is 0 Å². The number of amides is 2. The quantitative estimate of drug-likeness (QED) is 0.663. The molecule has 0 aromatic heterocycles. The normalized spacial score (nSPS) is 11.7. The SMILES string of the molecule is CCc1ccccc1NC(=O)C[NH+](C)CC(=O)NCc1ccc(F)cc1. The lowest BCUT2D eigenvalue weighted by Gasteiger charge is -2.15. The summed E-state index contributed by atoms with van der Waals surface area (Å²) in [6, 6.07) is 13.7. The van der Waals surface area contributed by atoms with Gasteiger partial charge in [0.25, 0.3) is 11.8 Å². The van der Waals surface area contributed by atoms with Gasteiger partial charge in [-0.1, -0.05) is 37.3 Å². The molecule has 1 unspecified atom stereocenters. The lowest BCUT2D eigenvalue weighted by atomic mass is 10.1. The largest absolute Gasteiger partial charge is 0.347 e. The van der Waals surface area contributed by atoms with Crippen molar-refractivity contribution in [3.8, 4) is 0 Å². The zero-order valence-electron chi connectivity index (χ0n) is 15.1. The lowest BCUT2D eigenvalue weighted by molar-refractivity contribution is -0.862. The van der Waals surface area contributed by atoms with E-state index in [9.17, 15) is 14.0 Å². The summed E-state index contributed by atoms with van der Waals surface area (Å²) in [4.78, 5) is 25.0. The molecule has 2 rings (SSSR count). The first-order chi connectivity index (χ1) is 12.5. The van der Waals surface area contributed by atoms with Gasteiger partial charge in [0, 0.05) is 12.2 Å². The first-order valence-corrected chi connectivity index (χ1v) is 8.68. The van der Waals surface area contributed by atoms with Gasteiger partial charge in [0.15, 0.2) is 13.1 Å². The molecule has 1 atom stereocenters. The molecule has 0 aliphatic heterocycles. The van der Waals surface area contributed by atoms with Gasteiger partial charge in [0.2, 0.25) is 0 Å². The predicted octanol–water partition coefficient (Wildman–Crippen LogP) is 1.16. The van der Waals surface area contributed by atoms with Gasteiger partial charge in [0.05, 0.1) is 7.05 Å². The van der Waals surface area contributed by atoms with E-state index in [-0.39, 0.29) is 30.7 Å². The number of para-hydroxylation sites is 1. The smallest absolute Gasteiger partial charge is 0.279 e. The summed E-state index contributed by atoms with van der Waals surface area (Å²) in [5.41, 5.74) is 2.72. The van der Waals surface area contributed by atoms with Crippen molar-refractivity contribution in [1.82, 2.24) is 5.32 Å². The Labute approximate surface area is 153 Å². The van der Waals surface area contributed by atoms with Gasteiger partial charge in [-0.15, -0.1) is 0 Å². The molecule has 0 saturated carbocycles. The van der Waals surface area contributed by atoms with Gasteiger partial charge < -0.3 is 15.5 Å². The Hall–Kier alpha value is -2.73. The number of nitrogens with one attached hydrogen (secondary N) is 3. The van der Waals surface area contributed by atoms with Crippen LogP contribution in [0, 0.1) is 5.82 Å². The molecular weight excluding hydrogens is 333 g/mol. The van der Waals surface area contributed by atoms with E-state index in [1.165, 1.54) is 12.1 Å². The van der Waals surface area contributed by atoms with Crippen LogP contribution >= 0.6 is 0 Å². The number of hydrogen-bond donors (Lipinski definition) is 3. The fourth-order valence-electron chi connectivity index (χ4n) is 2.62. The summed E-state index contributed by atoms with van der Waals surface area (Å²) in [6.45, 7) is 2.75. The first-order valence-electron chi connectivity index (χ1n) is 8.68. The zero-order chi connectivity index (χ0) is 18.9. The van der Waals surface area contributed by atoms with Crippen LogP contribution in [-0.4, -0.2) is 32.0 Å². The van der Waals surface area contributed by atoms with E-state index in [4.69, 9.17) is 0 Å². The molecule has 0 fully saturated rings. The highest BCUT2D eigenvalue weighted by molar-refractivity contribution is 5.92. The van der Waals surface area contributed by atoms with Crippen molar-refractivity contribution in [3.63, 3.8) is 0 Å². The van der Waals surface area contributed by atoms with Crippen LogP contribution in [0.25, 0.3) is 0 Å². The molecule has 5 nitrogen and oxygen atoms in total.